The molecule has 2 heterocycles. The Labute approximate surface area is 141 Å². The predicted molar refractivity (Wildman–Crippen MR) is 97.6 cm³/mol. The van der Waals surface area contributed by atoms with Crippen LogP contribution in [0.2, 0.25) is 0 Å². The highest BCUT2D eigenvalue weighted by atomic mass is 32.2. The van der Waals surface area contributed by atoms with Crippen molar-refractivity contribution in [2.24, 2.45) is 0 Å². The lowest BCUT2D eigenvalue weighted by molar-refractivity contribution is 0.863. The molecule has 1 aliphatic heterocycles. The number of aromatic nitrogens is 2. The van der Waals surface area contributed by atoms with E-state index in [1.807, 2.05) is 18.0 Å². The van der Waals surface area contributed by atoms with Crippen LogP contribution in [0.25, 0.3) is 16.9 Å². The number of hydrogen-bond acceptors (Lipinski definition) is 2. The molecule has 3 aromatic rings. The molecule has 0 spiro atoms. The van der Waals surface area contributed by atoms with Gasteiger partial charge in [0.15, 0.2) is 0 Å². The van der Waals surface area contributed by atoms with E-state index < -0.39 is 0 Å². The molecule has 3 heteroatoms. The van der Waals surface area contributed by atoms with Gasteiger partial charge < -0.3 is 0 Å². The molecule has 0 N–H and O–H groups in total. The molecule has 2 aromatic carbocycles. The highest BCUT2D eigenvalue weighted by Crippen LogP contribution is 2.38. The first kappa shape index (κ1) is 14.6. The molecule has 1 aliphatic rings. The smallest absolute Gasteiger partial charge is 0.0791 e. The zero-order valence-corrected chi connectivity index (χ0v) is 14.6. The largest absolute Gasteiger partial charge is 0.232 e. The average molecular weight is 320 g/mol. The van der Waals surface area contributed by atoms with Gasteiger partial charge in [0, 0.05) is 16.2 Å². The van der Waals surface area contributed by atoms with Crippen LogP contribution in [-0.4, -0.2) is 15.5 Å². The van der Waals surface area contributed by atoms with Gasteiger partial charge in [-0.15, -0.1) is 11.8 Å². The van der Waals surface area contributed by atoms with E-state index in [2.05, 4.69) is 66.9 Å². The van der Waals surface area contributed by atoms with Crippen LogP contribution in [0.5, 0.6) is 0 Å². The summed E-state index contributed by atoms with van der Waals surface area (Å²) in [6, 6.07) is 13.2. The first-order chi connectivity index (χ1) is 11.1. The summed E-state index contributed by atoms with van der Waals surface area (Å²) in [5.41, 5.74) is 9.07. The van der Waals surface area contributed by atoms with E-state index >= 15 is 0 Å². The van der Waals surface area contributed by atoms with Gasteiger partial charge in [-0.1, -0.05) is 29.8 Å². The minimum absolute atomic E-state index is 1.16. The number of rotatable bonds is 2. The van der Waals surface area contributed by atoms with Crippen LogP contribution in [0, 0.1) is 20.8 Å². The van der Waals surface area contributed by atoms with E-state index in [4.69, 9.17) is 0 Å². The Morgan fingerprint density at radius 3 is 2.61 bits per heavy atom. The summed E-state index contributed by atoms with van der Waals surface area (Å²) in [6.45, 7) is 6.54. The monoisotopic (exact) mass is 320 g/mol. The lowest BCUT2D eigenvalue weighted by Crippen LogP contribution is -2.03. The summed E-state index contributed by atoms with van der Waals surface area (Å²) in [5, 5.41) is 4.65. The highest BCUT2D eigenvalue weighted by molar-refractivity contribution is 7.99. The number of benzene rings is 2. The summed E-state index contributed by atoms with van der Waals surface area (Å²) >= 11 is 1.95. The van der Waals surface area contributed by atoms with Crippen LogP contribution in [-0.2, 0) is 6.42 Å². The molecule has 0 fully saturated rings. The van der Waals surface area contributed by atoms with Gasteiger partial charge in [-0.25, -0.2) is 4.68 Å². The summed E-state index contributed by atoms with van der Waals surface area (Å²) < 4.78 is 2.11. The third kappa shape index (κ3) is 2.40. The van der Waals surface area contributed by atoms with Gasteiger partial charge >= 0.3 is 0 Å². The summed E-state index contributed by atoms with van der Waals surface area (Å²) in [5.74, 6) is 1.17. The summed E-state index contributed by atoms with van der Waals surface area (Å²) in [6.07, 6.45) is 3.07. The van der Waals surface area contributed by atoms with Crippen LogP contribution >= 0.6 is 11.8 Å². The van der Waals surface area contributed by atoms with E-state index in [-0.39, 0.29) is 0 Å². The standard InChI is InChI=1S/C20H20N2S/c1-13-11-14(2)19(15(3)12-13)17-7-9-21-22(17)18-6-4-5-16-8-10-23-20(16)18/h4-7,9,11-12H,8,10H2,1-3H3. The zero-order valence-electron chi connectivity index (χ0n) is 13.8. The van der Waals surface area contributed by atoms with Crippen molar-refractivity contribution in [1.29, 1.82) is 0 Å². The van der Waals surface area contributed by atoms with Crippen molar-refractivity contribution in [3.63, 3.8) is 0 Å². The van der Waals surface area contributed by atoms with Crippen molar-refractivity contribution in [3.8, 4) is 16.9 Å². The van der Waals surface area contributed by atoms with E-state index in [0.29, 0.717) is 0 Å². The van der Waals surface area contributed by atoms with Gasteiger partial charge in [0.1, 0.15) is 0 Å². The minimum atomic E-state index is 1.16. The third-order valence-corrected chi connectivity index (χ3v) is 5.67. The number of thioether (sulfide) groups is 1. The Balaban J connectivity index is 1.93. The fourth-order valence-corrected chi connectivity index (χ4v) is 4.82. The fraction of sp³-hybridized carbons (Fsp3) is 0.250. The molecule has 0 radical (unpaired) electrons. The van der Waals surface area contributed by atoms with E-state index in [1.165, 1.54) is 49.8 Å². The van der Waals surface area contributed by atoms with Crippen molar-refractivity contribution in [1.82, 2.24) is 9.78 Å². The molecule has 0 saturated carbocycles. The summed E-state index contributed by atoms with van der Waals surface area (Å²) in [4.78, 5) is 1.39. The van der Waals surface area contributed by atoms with Crippen LogP contribution in [0.3, 0.4) is 0 Å². The molecule has 23 heavy (non-hydrogen) atoms. The lowest BCUT2D eigenvalue weighted by atomic mass is 9.97. The van der Waals surface area contributed by atoms with Crippen molar-refractivity contribution in [2.45, 2.75) is 32.1 Å². The second-order valence-corrected chi connectivity index (χ2v) is 7.37. The van der Waals surface area contributed by atoms with Crippen LogP contribution in [0.15, 0.2) is 47.5 Å². The Bertz CT molecular complexity index is 869. The fourth-order valence-electron chi connectivity index (χ4n) is 3.63. The van der Waals surface area contributed by atoms with Crippen LogP contribution in [0.4, 0.5) is 0 Å². The van der Waals surface area contributed by atoms with E-state index in [9.17, 15) is 0 Å². The molecule has 2 nitrogen and oxygen atoms in total. The average Bonchev–Trinajstić information content (AvgIpc) is 3.14. The van der Waals surface area contributed by atoms with Crippen LogP contribution < -0.4 is 0 Å². The minimum Gasteiger partial charge on any atom is -0.232 e. The van der Waals surface area contributed by atoms with Gasteiger partial charge in [0.25, 0.3) is 0 Å². The second kappa shape index (κ2) is 5.57. The molecule has 0 atom stereocenters. The Morgan fingerprint density at radius 1 is 1.04 bits per heavy atom. The molecular formula is C20H20N2S. The van der Waals surface area contributed by atoms with Crippen molar-refractivity contribution in [2.75, 3.05) is 5.75 Å². The van der Waals surface area contributed by atoms with Gasteiger partial charge in [-0.05, 0) is 56.0 Å². The van der Waals surface area contributed by atoms with Crippen molar-refractivity contribution < 1.29 is 0 Å². The SMILES string of the molecule is Cc1cc(C)c(-c2ccnn2-c2cccc3c2SCC3)c(C)c1. The van der Waals surface area contributed by atoms with Gasteiger partial charge in [-0.3, -0.25) is 0 Å². The molecule has 0 aliphatic carbocycles. The second-order valence-electron chi connectivity index (χ2n) is 6.27. The predicted octanol–water partition coefficient (Wildman–Crippen LogP) is 5.11. The molecule has 0 saturated heterocycles. The molecule has 1 aromatic heterocycles. The van der Waals surface area contributed by atoms with Gasteiger partial charge in [0.2, 0.25) is 0 Å². The molecular weight excluding hydrogens is 300 g/mol. The molecule has 0 unspecified atom stereocenters. The normalized spacial score (nSPS) is 13.3. The number of hydrogen-bond donors (Lipinski definition) is 0. The third-order valence-electron chi connectivity index (χ3n) is 4.50. The van der Waals surface area contributed by atoms with E-state index in [0.717, 1.165) is 6.42 Å². The van der Waals surface area contributed by atoms with Gasteiger partial charge in [-0.2, -0.15) is 5.10 Å². The quantitative estimate of drug-likeness (QED) is 0.653. The maximum atomic E-state index is 4.65. The maximum Gasteiger partial charge on any atom is 0.0791 e. The van der Waals surface area contributed by atoms with Crippen molar-refractivity contribution >= 4 is 11.8 Å². The van der Waals surface area contributed by atoms with Crippen LogP contribution in [0.1, 0.15) is 22.3 Å². The lowest BCUT2D eigenvalue weighted by Gasteiger charge is -2.15. The Hall–Kier alpha value is -2.00. The summed E-state index contributed by atoms with van der Waals surface area (Å²) in [7, 11) is 0. The first-order valence-electron chi connectivity index (χ1n) is 8.02. The Kier molecular flexibility index (Phi) is 3.53. The van der Waals surface area contributed by atoms with Crippen molar-refractivity contribution in [3.05, 3.63) is 64.8 Å². The molecule has 116 valence electrons. The number of nitrogens with zero attached hydrogens (tertiary/aromatic N) is 2. The Morgan fingerprint density at radius 2 is 1.83 bits per heavy atom. The molecule has 4 rings (SSSR count). The van der Waals surface area contributed by atoms with E-state index in [1.54, 1.807) is 0 Å². The zero-order chi connectivity index (χ0) is 16.0. The number of fused-ring (bicyclic) bond motifs is 1. The topological polar surface area (TPSA) is 17.8 Å². The molecule has 0 amide bonds. The first-order valence-corrected chi connectivity index (χ1v) is 9.01. The highest BCUT2D eigenvalue weighted by Gasteiger charge is 2.19. The molecule has 0 bridgehead atoms. The maximum absolute atomic E-state index is 4.65. The van der Waals surface area contributed by atoms with Gasteiger partial charge in [0.05, 0.1) is 17.6 Å². The number of aryl methyl sites for hydroxylation is 4.